The van der Waals surface area contributed by atoms with Crippen LogP contribution in [0.5, 0.6) is 5.75 Å². The largest absolute Gasteiger partial charge is 0.497 e. The van der Waals surface area contributed by atoms with Crippen molar-refractivity contribution in [3.05, 3.63) is 40.4 Å². The van der Waals surface area contributed by atoms with Crippen LogP contribution >= 0.6 is 0 Å². The minimum Gasteiger partial charge on any atom is -0.497 e. The lowest BCUT2D eigenvalue weighted by Gasteiger charge is -2.05. The second-order valence-corrected chi connectivity index (χ2v) is 3.11. The number of fused-ring (bicyclic) bond motifs is 1. The van der Waals surface area contributed by atoms with Crippen LogP contribution in [0.3, 0.4) is 0 Å². The van der Waals surface area contributed by atoms with Crippen molar-refractivity contribution in [3.63, 3.8) is 0 Å². The molecule has 0 aromatic carbocycles. The maximum Gasteiger partial charge on any atom is 0.280 e. The van der Waals surface area contributed by atoms with Gasteiger partial charge in [-0.05, 0) is 6.07 Å². The van der Waals surface area contributed by atoms with Crippen molar-refractivity contribution in [2.75, 3.05) is 7.11 Å². The zero-order chi connectivity index (χ0) is 11.7. The van der Waals surface area contributed by atoms with Crippen molar-refractivity contribution < 1.29 is 13.5 Å². The van der Waals surface area contributed by atoms with E-state index in [9.17, 15) is 13.6 Å². The van der Waals surface area contributed by atoms with Gasteiger partial charge in [-0.15, -0.1) is 0 Å². The first kappa shape index (κ1) is 10.5. The van der Waals surface area contributed by atoms with E-state index in [0.29, 0.717) is 5.75 Å². The summed E-state index contributed by atoms with van der Waals surface area (Å²) in [6.45, 7) is 0. The maximum absolute atomic E-state index is 12.4. The van der Waals surface area contributed by atoms with Crippen LogP contribution in [0.25, 0.3) is 5.65 Å². The first-order chi connectivity index (χ1) is 7.61. The van der Waals surface area contributed by atoms with Crippen molar-refractivity contribution in [1.82, 2.24) is 9.38 Å². The monoisotopic (exact) mass is 226 g/mol. The number of rotatable bonds is 2. The summed E-state index contributed by atoms with van der Waals surface area (Å²) in [4.78, 5) is 15.1. The molecule has 0 aliphatic heterocycles. The van der Waals surface area contributed by atoms with Crippen LogP contribution in [0.2, 0.25) is 0 Å². The van der Waals surface area contributed by atoms with Gasteiger partial charge >= 0.3 is 0 Å². The van der Waals surface area contributed by atoms with Gasteiger partial charge in [0.2, 0.25) is 0 Å². The van der Waals surface area contributed by atoms with Gasteiger partial charge in [0.15, 0.2) is 0 Å². The van der Waals surface area contributed by atoms with E-state index >= 15 is 0 Å². The van der Waals surface area contributed by atoms with Gasteiger partial charge in [-0.25, -0.2) is 13.8 Å². The zero-order valence-electron chi connectivity index (χ0n) is 8.35. The summed E-state index contributed by atoms with van der Waals surface area (Å²) in [6.07, 6.45) is -1.33. The lowest BCUT2D eigenvalue weighted by molar-refractivity contribution is 0.146. The summed E-state index contributed by atoms with van der Waals surface area (Å²) in [6, 6.07) is 3.80. The fourth-order valence-electron chi connectivity index (χ4n) is 1.34. The van der Waals surface area contributed by atoms with Crippen molar-refractivity contribution >= 4 is 5.65 Å². The Labute approximate surface area is 89.1 Å². The number of alkyl halides is 2. The van der Waals surface area contributed by atoms with Crippen molar-refractivity contribution in [2.45, 2.75) is 6.43 Å². The van der Waals surface area contributed by atoms with Crippen LogP contribution in [0.1, 0.15) is 12.1 Å². The Kier molecular flexibility index (Phi) is 2.55. The number of aromatic nitrogens is 2. The molecule has 0 saturated heterocycles. The van der Waals surface area contributed by atoms with Gasteiger partial charge in [0.25, 0.3) is 12.0 Å². The molecule has 2 aromatic rings. The van der Waals surface area contributed by atoms with E-state index in [1.54, 1.807) is 6.07 Å². The number of ether oxygens (including phenoxy) is 1. The van der Waals surface area contributed by atoms with Crippen molar-refractivity contribution in [1.29, 1.82) is 0 Å². The third-order valence-corrected chi connectivity index (χ3v) is 2.12. The second kappa shape index (κ2) is 3.88. The summed E-state index contributed by atoms with van der Waals surface area (Å²) in [5, 5.41) is 0. The molecule has 0 aliphatic rings. The number of nitrogens with zero attached hydrogens (tertiary/aromatic N) is 2. The number of pyridine rings is 1. The topological polar surface area (TPSA) is 43.6 Å². The molecule has 4 nitrogen and oxygen atoms in total. The quantitative estimate of drug-likeness (QED) is 0.781. The fraction of sp³-hybridized carbons (Fsp3) is 0.200. The molecule has 2 heterocycles. The Morgan fingerprint density at radius 3 is 2.81 bits per heavy atom. The molecule has 0 fully saturated rings. The third-order valence-electron chi connectivity index (χ3n) is 2.12. The molecule has 16 heavy (non-hydrogen) atoms. The van der Waals surface area contributed by atoms with Crippen LogP contribution < -0.4 is 10.3 Å². The second-order valence-electron chi connectivity index (χ2n) is 3.11. The standard InChI is InChI=1S/C10H8F2N2O2/c1-16-6-2-3-14-8(4-6)13-7(10(11)12)5-9(14)15/h2-5,10H,1H3. The van der Waals surface area contributed by atoms with Gasteiger partial charge < -0.3 is 4.74 Å². The van der Waals surface area contributed by atoms with Gasteiger partial charge in [-0.1, -0.05) is 0 Å². The van der Waals surface area contributed by atoms with E-state index < -0.39 is 17.7 Å². The van der Waals surface area contributed by atoms with Gasteiger partial charge in [0.05, 0.1) is 7.11 Å². The molecule has 0 atom stereocenters. The van der Waals surface area contributed by atoms with E-state index in [2.05, 4.69) is 4.98 Å². The molecule has 0 saturated carbocycles. The third kappa shape index (κ3) is 1.73. The predicted octanol–water partition coefficient (Wildman–Crippen LogP) is 1.64. The predicted molar refractivity (Wildman–Crippen MR) is 53.0 cm³/mol. The highest BCUT2D eigenvalue weighted by Gasteiger charge is 2.11. The Bertz CT molecular complexity index is 581. The molecule has 0 N–H and O–H groups in total. The zero-order valence-corrected chi connectivity index (χ0v) is 8.35. The van der Waals surface area contributed by atoms with E-state index in [0.717, 1.165) is 6.07 Å². The molecule has 0 radical (unpaired) electrons. The average Bonchev–Trinajstić information content (AvgIpc) is 2.28. The summed E-state index contributed by atoms with van der Waals surface area (Å²) in [7, 11) is 1.45. The molecule has 6 heteroatoms. The minimum atomic E-state index is -2.76. The van der Waals surface area contributed by atoms with Gasteiger partial charge in [0, 0.05) is 18.3 Å². The fourth-order valence-corrected chi connectivity index (χ4v) is 1.34. The number of hydrogen-bond donors (Lipinski definition) is 0. The van der Waals surface area contributed by atoms with Crippen LogP contribution in [0.4, 0.5) is 8.78 Å². The van der Waals surface area contributed by atoms with E-state index in [4.69, 9.17) is 4.74 Å². The average molecular weight is 226 g/mol. The van der Waals surface area contributed by atoms with Crippen LogP contribution in [0, 0.1) is 0 Å². The molecule has 84 valence electrons. The normalized spacial score (nSPS) is 11.0. The summed E-state index contributed by atoms with van der Waals surface area (Å²) in [5.74, 6) is 0.457. The summed E-state index contributed by atoms with van der Waals surface area (Å²) < 4.78 is 30.9. The van der Waals surface area contributed by atoms with E-state index in [-0.39, 0.29) is 5.65 Å². The smallest absolute Gasteiger partial charge is 0.280 e. The number of methoxy groups -OCH3 is 1. The Morgan fingerprint density at radius 1 is 1.44 bits per heavy atom. The molecular formula is C10H8F2N2O2. The molecular weight excluding hydrogens is 218 g/mol. The molecule has 0 unspecified atom stereocenters. The van der Waals surface area contributed by atoms with Gasteiger partial charge in [-0.3, -0.25) is 9.20 Å². The van der Waals surface area contributed by atoms with Gasteiger partial charge in [-0.2, -0.15) is 0 Å². The minimum absolute atomic E-state index is 0.141. The molecule has 0 spiro atoms. The molecule has 2 rings (SSSR count). The number of hydrogen-bond acceptors (Lipinski definition) is 3. The first-order valence-electron chi connectivity index (χ1n) is 4.47. The van der Waals surface area contributed by atoms with Gasteiger partial charge in [0.1, 0.15) is 17.1 Å². The Balaban J connectivity index is 2.73. The molecule has 0 amide bonds. The highest BCUT2D eigenvalue weighted by molar-refractivity contribution is 5.44. The number of halogens is 2. The van der Waals surface area contributed by atoms with Crippen molar-refractivity contribution in [2.24, 2.45) is 0 Å². The first-order valence-corrected chi connectivity index (χ1v) is 4.47. The Morgan fingerprint density at radius 2 is 2.19 bits per heavy atom. The van der Waals surface area contributed by atoms with Crippen LogP contribution in [-0.2, 0) is 0 Å². The highest BCUT2D eigenvalue weighted by atomic mass is 19.3. The lowest BCUT2D eigenvalue weighted by Crippen LogP contribution is -2.15. The summed E-state index contributed by atoms with van der Waals surface area (Å²) >= 11 is 0. The summed E-state index contributed by atoms with van der Waals surface area (Å²) in [5.41, 5.74) is -0.927. The van der Waals surface area contributed by atoms with Crippen molar-refractivity contribution in [3.8, 4) is 5.75 Å². The van der Waals surface area contributed by atoms with Crippen LogP contribution in [0.15, 0.2) is 29.2 Å². The Hall–Kier alpha value is -1.98. The van der Waals surface area contributed by atoms with Crippen LogP contribution in [-0.4, -0.2) is 16.5 Å². The maximum atomic E-state index is 12.4. The molecule has 0 aliphatic carbocycles. The molecule has 2 aromatic heterocycles. The highest BCUT2D eigenvalue weighted by Crippen LogP contribution is 2.17. The lowest BCUT2D eigenvalue weighted by atomic mass is 10.3. The van der Waals surface area contributed by atoms with E-state index in [1.165, 1.54) is 23.8 Å². The van der Waals surface area contributed by atoms with E-state index in [1.807, 2.05) is 0 Å². The SMILES string of the molecule is COc1ccn2c(=O)cc(C(F)F)nc2c1. The molecule has 0 bridgehead atoms.